The molecule has 3 N–H and O–H groups in total. The number of halogens is 1. The van der Waals surface area contributed by atoms with Gasteiger partial charge in [-0.1, -0.05) is 6.07 Å². The molecule has 0 spiro atoms. The third kappa shape index (κ3) is 3.34. The van der Waals surface area contributed by atoms with Crippen molar-refractivity contribution in [3.05, 3.63) is 35.1 Å². The van der Waals surface area contributed by atoms with Crippen LogP contribution in [0.5, 0.6) is 0 Å². The lowest BCUT2D eigenvalue weighted by Gasteiger charge is -2.17. The van der Waals surface area contributed by atoms with E-state index in [-0.39, 0.29) is 11.9 Å². The van der Waals surface area contributed by atoms with Crippen LogP contribution >= 0.6 is 0 Å². The Kier molecular flexibility index (Phi) is 4.97. The molecule has 0 aliphatic rings. The van der Waals surface area contributed by atoms with Crippen LogP contribution < -0.4 is 11.3 Å². The van der Waals surface area contributed by atoms with E-state index in [1.165, 1.54) is 12.1 Å². The van der Waals surface area contributed by atoms with E-state index in [2.05, 4.69) is 17.3 Å². The van der Waals surface area contributed by atoms with E-state index in [0.717, 1.165) is 24.0 Å². The van der Waals surface area contributed by atoms with Gasteiger partial charge in [0, 0.05) is 12.5 Å². The molecule has 0 amide bonds. The Hall–Kier alpha value is -1.37. The molecule has 1 atom stereocenters. The predicted molar refractivity (Wildman–Crippen MR) is 63.9 cm³/mol. The van der Waals surface area contributed by atoms with Gasteiger partial charge in [-0.15, -0.1) is 11.8 Å². The number of hydrazine groups is 1. The zero-order chi connectivity index (χ0) is 12.0. The molecular formula is C13H17FN2. The summed E-state index contributed by atoms with van der Waals surface area (Å²) in [6, 6.07) is 4.78. The van der Waals surface area contributed by atoms with Crippen molar-refractivity contribution in [2.45, 2.75) is 32.7 Å². The Balaban J connectivity index is 2.80. The zero-order valence-corrected chi connectivity index (χ0v) is 9.68. The number of hydrogen-bond donors (Lipinski definition) is 2. The number of hydrogen-bond acceptors (Lipinski definition) is 2. The van der Waals surface area contributed by atoms with Crippen molar-refractivity contribution in [2.24, 2.45) is 5.84 Å². The molecule has 0 saturated heterocycles. The van der Waals surface area contributed by atoms with Gasteiger partial charge >= 0.3 is 0 Å². The maximum atomic E-state index is 12.9. The van der Waals surface area contributed by atoms with Crippen LogP contribution in [-0.4, -0.2) is 0 Å². The average Bonchev–Trinajstić information content (AvgIpc) is 2.26. The summed E-state index contributed by atoms with van der Waals surface area (Å²) in [5, 5.41) is 0. The molecule has 0 bridgehead atoms. The normalized spacial score (nSPS) is 11.8. The van der Waals surface area contributed by atoms with Crippen LogP contribution in [0.25, 0.3) is 0 Å². The van der Waals surface area contributed by atoms with Gasteiger partial charge in [0.2, 0.25) is 0 Å². The smallest absolute Gasteiger partial charge is 0.123 e. The van der Waals surface area contributed by atoms with Crippen molar-refractivity contribution < 1.29 is 4.39 Å². The number of rotatable bonds is 4. The highest BCUT2D eigenvalue weighted by atomic mass is 19.1. The number of aryl methyl sites for hydroxylation is 1. The van der Waals surface area contributed by atoms with Crippen LogP contribution in [0.4, 0.5) is 4.39 Å². The van der Waals surface area contributed by atoms with Crippen molar-refractivity contribution >= 4 is 0 Å². The van der Waals surface area contributed by atoms with Gasteiger partial charge in [-0.25, -0.2) is 4.39 Å². The maximum Gasteiger partial charge on any atom is 0.123 e. The summed E-state index contributed by atoms with van der Waals surface area (Å²) in [4.78, 5) is 0. The van der Waals surface area contributed by atoms with Crippen LogP contribution in [0.3, 0.4) is 0 Å². The number of benzene rings is 1. The summed E-state index contributed by atoms with van der Waals surface area (Å²) in [6.45, 7) is 3.70. The van der Waals surface area contributed by atoms with Crippen LogP contribution in [0.2, 0.25) is 0 Å². The van der Waals surface area contributed by atoms with Crippen LogP contribution in [0, 0.1) is 24.6 Å². The highest BCUT2D eigenvalue weighted by Crippen LogP contribution is 2.21. The Morgan fingerprint density at radius 3 is 2.81 bits per heavy atom. The van der Waals surface area contributed by atoms with Crippen molar-refractivity contribution in [3.8, 4) is 11.8 Å². The lowest BCUT2D eigenvalue weighted by Crippen LogP contribution is -2.28. The first-order chi connectivity index (χ1) is 7.69. The molecule has 0 aliphatic heterocycles. The second-order valence-corrected chi connectivity index (χ2v) is 3.69. The maximum absolute atomic E-state index is 12.9. The van der Waals surface area contributed by atoms with Gasteiger partial charge in [0.15, 0.2) is 0 Å². The van der Waals surface area contributed by atoms with Gasteiger partial charge in [0.1, 0.15) is 5.82 Å². The van der Waals surface area contributed by atoms with E-state index in [0.29, 0.717) is 0 Å². The zero-order valence-electron chi connectivity index (χ0n) is 9.68. The molecule has 1 aromatic carbocycles. The molecule has 1 aromatic rings. The molecule has 0 saturated carbocycles. The molecule has 3 heteroatoms. The standard InChI is InChI=1S/C13H17FN2/c1-3-4-5-6-13(16-15)12-8-7-11(14)9-10(12)2/h7-9,13,16H,5-6,15H2,1-2H3. The number of nitrogens with one attached hydrogen (secondary N) is 1. The lowest BCUT2D eigenvalue weighted by molar-refractivity contribution is 0.519. The van der Waals surface area contributed by atoms with E-state index < -0.39 is 0 Å². The molecular weight excluding hydrogens is 203 g/mol. The van der Waals surface area contributed by atoms with Crippen LogP contribution in [0.15, 0.2) is 18.2 Å². The Morgan fingerprint density at radius 1 is 1.50 bits per heavy atom. The summed E-state index contributed by atoms with van der Waals surface area (Å²) >= 11 is 0. The minimum absolute atomic E-state index is 0.0291. The van der Waals surface area contributed by atoms with E-state index in [1.807, 2.05) is 13.8 Å². The highest BCUT2D eigenvalue weighted by molar-refractivity contribution is 5.29. The first kappa shape index (κ1) is 12.7. The van der Waals surface area contributed by atoms with Gasteiger partial charge in [0.05, 0.1) is 0 Å². The molecule has 0 fully saturated rings. The Labute approximate surface area is 96.0 Å². The Bertz CT molecular complexity index is 404. The van der Waals surface area contributed by atoms with Crippen LogP contribution in [0.1, 0.15) is 36.9 Å². The van der Waals surface area contributed by atoms with Crippen molar-refractivity contribution in [2.75, 3.05) is 0 Å². The average molecular weight is 220 g/mol. The quantitative estimate of drug-likeness (QED) is 0.464. The summed E-state index contributed by atoms with van der Waals surface area (Å²) in [7, 11) is 0. The molecule has 0 radical (unpaired) electrons. The molecule has 0 aliphatic carbocycles. The molecule has 2 nitrogen and oxygen atoms in total. The topological polar surface area (TPSA) is 38.0 Å². The fraction of sp³-hybridized carbons (Fsp3) is 0.385. The van der Waals surface area contributed by atoms with E-state index in [9.17, 15) is 4.39 Å². The molecule has 0 aromatic heterocycles. The number of nitrogens with two attached hydrogens (primary N) is 1. The fourth-order valence-corrected chi connectivity index (χ4v) is 1.70. The molecule has 86 valence electrons. The second-order valence-electron chi connectivity index (χ2n) is 3.69. The summed E-state index contributed by atoms with van der Waals surface area (Å²) in [5.41, 5.74) is 4.69. The third-order valence-electron chi connectivity index (χ3n) is 2.54. The summed E-state index contributed by atoms with van der Waals surface area (Å²) < 4.78 is 12.9. The third-order valence-corrected chi connectivity index (χ3v) is 2.54. The van der Waals surface area contributed by atoms with E-state index in [1.54, 1.807) is 6.07 Å². The molecule has 16 heavy (non-hydrogen) atoms. The van der Waals surface area contributed by atoms with Gasteiger partial charge in [-0.2, -0.15) is 0 Å². The minimum atomic E-state index is -0.217. The van der Waals surface area contributed by atoms with Gasteiger partial charge in [-0.3, -0.25) is 11.3 Å². The lowest BCUT2D eigenvalue weighted by atomic mass is 9.98. The van der Waals surface area contributed by atoms with Gasteiger partial charge in [0.25, 0.3) is 0 Å². The first-order valence-corrected chi connectivity index (χ1v) is 5.30. The fourth-order valence-electron chi connectivity index (χ4n) is 1.70. The van der Waals surface area contributed by atoms with Crippen molar-refractivity contribution in [1.29, 1.82) is 0 Å². The minimum Gasteiger partial charge on any atom is -0.271 e. The van der Waals surface area contributed by atoms with Gasteiger partial charge in [-0.05, 0) is 43.5 Å². The van der Waals surface area contributed by atoms with E-state index in [4.69, 9.17) is 5.84 Å². The first-order valence-electron chi connectivity index (χ1n) is 5.30. The SMILES string of the molecule is CC#CCCC(NN)c1ccc(F)cc1C. The van der Waals surface area contributed by atoms with Crippen molar-refractivity contribution in [1.82, 2.24) is 5.43 Å². The Morgan fingerprint density at radius 2 is 2.25 bits per heavy atom. The molecule has 1 unspecified atom stereocenters. The second kappa shape index (κ2) is 6.26. The monoisotopic (exact) mass is 220 g/mol. The van der Waals surface area contributed by atoms with Gasteiger partial charge < -0.3 is 0 Å². The highest BCUT2D eigenvalue weighted by Gasteiger charge is 2.11. The van der Waals surface area contributed by atoms with E-state index >= 15 is 0 Å². The predicted octanol–water partition coefficient (Wildman–Crippen LogP) is 2.44. The van der Waals surface area contributed by atoms with Crippen molar-refractivity contribution in [3.63, 3.8) is 0 Å². The summed E-state index contributed by atoms with van der Waals surface area (Å²) in [5.74, 6) is 11.1. The largest absolute Gasteiger partial charge is 0.271 e. The van der Waals surface area contributed by atoms with Crippen LogP contribution in [-0.2, 0) is 0 Å². The summed E-state index contributed by atoms with van der Waals surface area (Å²) in [6.07, 6.45) is 1.60. The molecule has 1 rings (SSSR count). The molecule has 0 heterocycles.